The van der Waals surface area contributed by atoms with Gasteiger partial charge in [-0.1, -0.05) is 98.8 Å². The fourth-order valence-corrected chi connectivity index (χ4v) is 10.3. The third-order valence-corrected chi connectivity index (χ3v) is 15.1. The van der Waals surface area contributed by atoms with E-state index in [0.717, 1.165) is 18.4 Å². The molecule has 3 heterocycles. The second-order valence-corrected chi connectivity index (χ2v) is 20.6. The Bertz CT molecular complexity index is 1840. The number of rotatable bonds is 26. The number of nitrogens with zero attached hydrogens (tertiary/aromatic N) is 1. The number of ketones is 3. The van der Waals surface area contributed by atoms with Gasteiger partial charge in [0.25, 0.3) is 11.7 Å². The van der Waals surface area contributed by atoms with Crippen LogP contribution in [0.2, 0.25) is 0 Å². The van der Waals surface area contributed by atoms with Gasteiger partial charge in [0.15, 0.2) is 11.4 Å². The van der Waals surface area contributed by atoms with Gasteiger partial charge in [-0.2, -0.15) is 0 Å². The molecule has 13 atom stereocenters. The van der Waals surface area contributed by atoms with Crippen LogP contribution in [0, 0.1) is 29.6 Å². The number of carbonyl (C=O) groups excluding carboxylic acids is 5. The van der Waals surface area contributed by atoms with Gasteiger partial charge in [-0.15, -0.1) is 0 Å². The van der Waals surface area contributed by atoms with E-state index in [1.807, 2.05) is 78.8 Å². The number of methoxy groups -OCH3 is 2. The van der Waals surface area contributed by atoms with E-state index in [4.69, 9.17) is 28.4 Å². The summed E-state index contributed by atoms with van der Waals surface area (Å²) < 4.78 is 34.2. The monoisotopic (exact) mass is 1030 g/mol. The lowest BCUT2D eigenvalue weighted by Gasteiger charge is -2.39. The average molecular weight is 1030 g/mol. The van der Waals surface area contributed by atoms with Crippen LogP contribution in [0.3, 0.4) is 0 Å². The minimum atomic E-state index is -2.28. The largest absolute Gasteiger partial charge is 0.460 e. The van der Waals surface area contributed by atoms with Crippen LogP contribution >= 0.6 is 0 Å². The van der Waals surface area contributed by atoms with E-state index >= 15 is 0 Å². The summed E-state index contributed by atoms with van der Waals surface area (Å²) in [4.78, 5) is 70.4. The first-order valence-corrected chi connectivity index (χ1v) is 27.5. The Hall–Kier alpha value is -3.41. The van der Waals surface area contributed by atoms with Crippen molar-refractivity contribution in [2.45, 2.75) is 221 Å². The summed E-state index contributed by atoms with van der Waals surface area (Å²) in [6.07, 6.45) is 14.6. The molecular weight excluding hydrogens is 935 g/mol. The molecule has 0 radical (unpaired) electrons. The number of aliphatic hydroxyl groups excluding tert-OH is 2. The van der Waals surface area contributed by atoms with Gasteiger partial charge in [0.05, 0.1) is 38.1 Å². The van der Waals surface area contributed by atoms with E-state index in [1.165, 1.54) is 12.0 Å². The SMILES string of the molecule is CC.CC.CCC(OC1COC1)/C(C)=C/C=C/C=C[C@@H](C)CC(C)C(=O)[C@@](C)(OC)C(O)/C(C)=C/CC(=O)C[C@H](OC(=O)C1CCCCN1C(=O)C(=O)C1(O)OCCCC1C)[C@H](C)C[C@@H]1CCC(O)[C@H](OC)C1. The van der Waals surface area contributed by atoms with Crippen LogP contribution in [-0.2, 0) is 52.4 Å². The maximum atomic E-state index is 14.1. The second-order valence-electron chi connectivity index (χ2n) is 20.6. The minimum absolute atomic E-state index is 0.0440. The molecule has 0 aromatic rings. The highest BCUT2D eigenvalue weighted by atomic mass is 16.6. The Morgan fingerprint density at radius 1 is 0.918 bits per heavy atom. The van der Waals surface area contributed by atoms with E-state index in [1.54, 1.807) is 34.0 Å². The first-order valence-electron chi connectivity index (χ1n) is 27.5. The number of Topliss-reactive ketones (excluding diaryl/α,β-unsaturated/α-hetero) is 3. The lowest BCUT2D eigenvalue weighted by atomic mass is 9.78. The summed E-state index contributed by atoms with van der Waals surface area (Å²) in [5.41, 5.74) is -0.0878. The van der Waals surface area contributed by atoms with Crippen molar-refractivity contribution in [2.75, 3.05) is 40.6 Å². The molecule has 15 nitrogen and oxygen atoms in total. The molecule has 0 aromatic carbocycles. The summed E-state index contributed by atoms with van der Waals surface area (Å²) in [6, 6.07) is -1.10. The lowest BCUT2D eigenvalue weighted by Crippen LogP contribution is -2.59. The summed E-state index contributed by atoms with van der Waals surface area (Å²) >= 11 is 0. The average Bonchev–Trinajstić information content (AvgIpc) is 3.38. The van der Waals surface area contributed by atoms with E-state index in [-0.39, 0.29) is 80.0 Å². The molecule has 0 bridgehead atoms. The molecular formula is C58H97NO14. The van der Waals surface area contributed by atoms with E-state index in [9.17, 15) is 39.3 Å². The number of ether oxygens (including phenoxy) is 6. The molecule has 3 aliphatic heterocycles. The zero-order valence-electron chi connectivity index (χ0n) is 47.2. The number of likely N-dealkylation sites (tertiary alicyclic amines) is 1. The van der Waals surface area contributed by atoms with Crippen molar-refractivity contribution in [1.29, 1.82) is 0 Å². The molecule has 1 saturated carbocycles. The number of piperidine rings is 1. The zero-order valence-corrected chi connectivity index (χ0v) is 47.2. The number of amides is 1. The molecule has 4 aliphatic rings. The molecule has 4 fully saturated rings. The number of carbonyl (C=O) groups is 5. The van der Waals surface area contributed by atoms with Crippen molar-refractivity contribution in [3.05, 3.63) is 47.6 Å². The smallest absolute Gasteiger partial charge is 0.329 e. The van der Waals surface area contributed by atoms with Gasteiger partial charge in [0, 0.05) is 45.4 Å². The molecule has 3 N–H and O–H groups in total. The van der Waals surface area contributed by atoms with Crippen LogP contribution in [-0.4, -0.2) is 144 Å². The Kier molecular flexibility index (Phi) is 29.6. The third-order valence-electron chi connectivity index (χ3n) is 15.1. The molecule has 7 unspecified atom stereocenters. The van der Waals surface area contributed by atoms with Crippen LogP contribution in [0.4, 0.5) is 0 Å². The molecule has 418 valence electrons. The van der Waals surface area contributed by atoms with Crippen molar-refractivity contribution < 1.29 is 67.7 Å². The molecule has 4 rings (SSSR count). The van der Waals surface area contributed by atoms with E-state index < -0.39 is 65.2 Å². The molecule has 1 amide bonds. The fourth-order valence-electron chi connectivity index (χ4n) is 10.3. The standard InChI is InChI=1S/C54H85NO14.2C2H6/c1-11-45(68-42-32-66-33-42)35(3)19-14-12-13-18-34(2)28-38(6)49(59)53(8,65-10)48(58)36(4)22-24-41(56)31-46(37(5)29-40-23-25-44(57)47(30-40)64-9)69-52(62)43-21-15-16-26-55(43)51(61)50(60)54(63)39(7)20-17-27-67-54;2*1-2/h12-14,18-19,22,34,37-40,42-48,57-58,63H,11,15-17,20-21,23-33H2,1-10H3;2*1-2H3/b14-12+,18-13?,35-19+,36-22+;;/t34-,37-,38?,39?,40+,43?,44?,45?,46+,47-,48?,53+,54?;;/m1../s1. The number of esters is 1. The van der Waals surface area contributed by atoms with Crippen molar-refractivity contribution in [3.8, 4) is 0 Å². The van der Waals surface area contributed by atoms with Gasteiger partial charge in [-0.25, -0.2) is 4.79 Å². The van der Waals surface area contributed by atoms with Crippen LogP contribution in [0.1, 0.15) is 167 Å². The van der Waals surface area contributed by atoms with Gasteiger partial charge < -0.3 is 48.6 Å². The Morgan fingerprint density at radius 3 is 2.21 bits per heavy atom. The highest BCUT2D eigenvalue weighted by Gasteiger charge is 2.51. The number of hydrogen-bond acceptors (Lipinski definition) is 14. The summed E-state index contributed by atoms with van der Waals surface area (Å²) in [5.74, 6) is -6.91. The minimum Gasteiger partial charge on any atom is -0.460 e. The van der Waals surface area contributed by atoms with Gasteiger partial charge in [0.2, 0.25) is 5.79 Å². The van der Waals surface area contributed by atoms with Crippen LogP contribution in [0.25, 0.3) is 0 Å². The molecule has 0 spiro atoms. The number of hydrogen-bond donors (Lipinski definition) is 3. The predicted molar refractivity (Wildman–Crippen MR) is 283 cm³/mol. The first-order chi connectivity index (χ1) is 34.7. The molecule has 3 saturated heterocycles. The van der Waals surface area contributed by atoms with Crippen molar-refractivity contribution in [3.63, 3.8) is 0 Å². The van der Waals surface area contributed by atoms with Crippen molar-refractivity contribution in [1.82, 2.24) is 4.90 Å². The molecule has 0 aromatic heterocycles. The highest BCUT2D eigenvalue weighted by Crippen LogP contribution is 2.35. The summed E-state index contributed by atoms with van der Waals surface area (Å²) in [5, 5.41) is 33.2. The van der Waals surface area contributed by atoms with Crippen LogP contribution in [0.5, 0.6) is 0 Å². The Morgan fingerprint density at radius 2 is 1.60 bits per heavy atom. The maximum absolute atomic E-state index is 14.1. The van der Waals surface area contributed by atoms with Crippen LogP contribution in [0.15, 0.2) is 47.6 Å². The topological polar surface area (TPSA) is 205 Å². The maximum Gasteiger partial charge on any atom is 0.329 e. The summed E-state index contributed by atoms with van der Waals surface area (Å²) in [6.45, 7) is 24.3. The van der Waals surface area contributed by atoms with E-state index in [0.29, 0.717) is 70.2 Å². The van der Waals surface area contributed by atoms with Gasteiger partial charge in [0.1, 0.15) is 30.1 Å². The van der Waals surface area contributed by atoms with Crippen molar-refractivity contribution in [2.24, 2.45) is 29.6 Å². The highest BCUT2D eigenvalue weighted by molar-refractivity contribution is 6.39. The number of allylic oxidation sites excluding steroid dienone is 6. The van der Waals surface area contributed by atoms with Crippen molar-refractivity contribution >= 4 is 29.2 Å². The molecule has 1 aliphatic carbocycles. The van der Waals surface area contributed by atoms with Gasteiger partial charge in [-0.05, 0) is 120 Å². The zero-order chi connectivity index (χ0) is 55.1. The lowest BCUT2D eigenvalue weighted by molar-refractivity contribution is -0.241. The van der Waals surface area contributed by atoms with Gasteiger partial charge >= 0.3 is 5.97 Å². The first kappa shape index (κ1) is 65.7. The third kappa shape index (κ3) is 19.0. The Balaban J connectivity index is 0.00000445. The molecule has 73 heavy (non-hydrogen) atoms. The van der Waals surface area contributed by atoms with Crippen LogP contribution < -0.4 is 0 Å². The number of aliphatic hydroxyl groups is 3. The fraction of sp³-hybridized carbons (Fsp3) is 0.776. The second kappa shape index (κ2) is 32.9. The summed E-state index contributed by atoms with van der Waals surface area (Å²) in [7, 11) is 2.95. The quantitative estimate of drug-likeness (QED) is 0.0321. The predicted octanol–water partition coefficient (Wildman–Crippen LogP) is 8.78. The normalized spacial score (nSPS) is 27.4. The Labute approximate surface area is 438 Å². The van der Waals surface area contributed by atoms with E-state index in [2.05, 4.69) is 13.8 Å². The molecule has 15 heteroatoms. The van der Waals surface area contributed by atoms with Gasteiger partial charge in [-0.3, -0.25) is 19.2 Å².